The lowest BCUT2D eigenvalue weighted by Gasteiger charge is -2.12. The van der Waals surface area contributed by atoms with E-state index in [9.17, 15) is 4.79 Å². The first-order valence-corrected chi connectivity index (χ1v) is 8.04. The third-order valence-corrected chi connectivity index (χ3v) is 4.32. The van der Waals surface area contributed by atoms with Crippen LogP contribution in [0.2, 0.25) is 0 Å². The molecule has 1 saturated carbocycles. The van der Waals surface area contributed by atoms with Crippen molar-refractivity contribution in [2.24, 2.45) is 5.92 Å². The number of para-hydroxylation sites is 1. The van der Waals surface area contributed by atoms with E-state index in [0.29, 0.717) is 11.8 Å². The summed E-state index contributed by atoms with van der Waals surface area (Å²) in [6.45, 7) is 2.52. The number of hydrogen-bond donors (Lipinski definition) is 2. The number of carbonyl (C=O) groups is 1. The van der Waals surface area contributed by atoms with Crippen LogP contribution in [0.3, 0.4) is 0 Å². The zero-order valence-corrected chi connectivity index (χ0v) is 12.4. The Hall–Kier alpha value is -1.55. The summed E-state index contributed by atoms with van der Waals surface area (Å²) in [6.07, 6.45) is 5.80. The molecule has 0 spiro atoms. The molecule has 4 nitrogen and oxygen atoms in total. The van der Waals surface area contributed by atoms with Crippen molar-refractivity contribution in [3.63, 3.8) is 0 Å². The highest BCUT2D eigenvalue weighted by Crippen LogP contribution is 2.43. The Balaban J connectivity index is 1.39. The van der Waals surface area contributed by atoms with Crippen LogP contribution >= 0.6 is 0 Å². The van der Waals surface area contributed by atoms with Crippen molar-refractivity contribution in [2.45, 2.75) is 38.0 Å². The van der Waals surface area contributed by atoms with E-state index in [4.69, 9.17) is 4.74 Å². The van der Waals surface area contributed by atoms with Gasteiger partial charge in [0, 0.05) is 25.4 Å². The molecule has 1 atom stereocenters. The average molecular weight is 288 g/mol. The number of benzene rings is 1. The first-order chi connectivity index (χ1) is 10.3. The highest BCUT2D eigenvalue weighted by atomic mass is 16.5. The van der Waals surface area contributed by atoms with Gasteiger partial charge in [0.05, 0.1) is 0 Å². The van der Waals surface area contributed by atoms with Crippen LogP contribution in [0.25, 0.3) is 0 Å². The van der Waals surface area contributed by atoms with E-state index in [1.165, 1.54) is 24.8 Å². The molecule has 4 heteroatoms. The molecular weight excluding hydrogens is 264 g/mol. The number of amides is 2. The number of hydrogen-bond acceptors (Lipinski definition) is 2. The van der Waals surface area contributed by atoms with Crippen molar-refractivity contribution in [1.29, 1.82) is 0 Å². The molecule has 0 bridgehead atoms. The fourth-order valence-electron chi connectivity index (χ4n) is 2.93. The lowest BCUT2D eigenvalue weighted by atomic mass is 10.0. The van der Waals surface area contributed by atoms with Crippen LogP contribution < -0.4 is 10.6 Å². The van der Waals surface area contributed by atoms with Crippen molar-refractivity contribution in [1.82, 2.24) is 5.32 Å². The van der Waals surface area contributed by atoms with Gasteiger partial charge in [0.15, 0.2) is 0 Å². The molecule has 2 fully saturated rings. The number of carbonyl (C=O) groups excluding carboxylic acids is 1. The van der Waals surface area contributed by atoms with E-state index < -0.39 is 0 Å². The molecule has 2 amide bonds. The monoisotopic (exact) mass is 288 g/mol. The van der Waals surface area contributed by atoms with Crippen molar-refractivity contribution in [3.05, 3.63) is 29.8 Å². The minimum Gasteiger partial charge on any atom is -0.381 e. The predicted octanol–water partition coefficient (Wildman–Crippen LogP) is 3.50. The third kappa shape index (κ3) is 4.21. The van der Waals surface area contributed by atoms with E-state index >= 15 is 0 Å². The van der Waals surface area contributed by atoms with Gasteiger partial charge in [-0.25, -0.2) is 4.79 Å². The van der Waals surface area contributed by atoms with E-state index in [2.05, 4.69) is 16.7 Å². The standard InChI is InChI=1S/C17H24N2O2/c20-17(18-10-3-4-13-9-11-21-12-13)19-16-6-2-1-5-15(16)14-7-8-14/h1-2,5-6,13-14H,3-4,7-12H2,(H2,18,19,20)/t13-/m1/s1. The average Bonchev–Trinajstić information content (AvgIpc) is 3.21. The Bertz CT molecular complexity index is 479. The second-order valence-corrected chi connectivity index (χ2v) is 6.11. The summed E-state index contributed by atoms with van der Waals surface area (Å²) in [5, 5.41) is 5.94. The number of anilines is 1. The predicted molar refractivity (Wildman–Crippen MR) is 83.6 cm³/mol. The Kier molecular flexibility index (Phi) is 4.76. The molecule has 114 valence electrons. The van der Waals surface area contributed by atoms with E-state index in [0.717, 1.165) is 38.3 Å². The fraction of sp³-hybridized carbons (Fsp3) is 0.588. The van der Waals surface area contributed by atoms with Gasteiger partial charge in [-0.3, -0.25) is 0 Å². The van der Waals surface area contributed by atoms with Gasteiger partial charge in [-0.1, -0.05) is 18.2 Å². The molecule has 2 aliphatic rings. The quantitative estimate of drug-likeness (QED) is 0.787. The van der Waals surface area contributed by atoms with E-state index in [1.807, 2.05) is 18.2 Å². The summed E-state index contributed by atoms with van der Waals surface area (Å²) in [6, 6.07) is 8.03. The molecule has 1 aromatic rings. The molecule has 0 aromatic heterocycles. The summed E-state index contributed by atoms with van der Waals surface area (Å²) >= 11 is 0. The molecule has 1 saturated heterocycles. The van der Waals surface area contributed by atoms with E-state index in [-0.39, 0.29) is 6.03 Å². The Morgan fingerprint density at radius 2 is 2.10 bits per heavy atom. The number of ether oxygens (including phenoxy) is 1. The Morgan fingerprint density at radius 3 is 2.86 bits per heavy atom. The molecule has 1 aliphatic heterocycles. The van der Waals surface area contributed by atoms with Gasteiger partial charge in [0.25, 0.3) is 0 Å². The molecule has 3 rings (SSSR count). The number of nitrogens with one attached hydrogen (secondary N) is 2. The highest BCUT2D eigenvalue weighted by molar-refractivity contribution is 5.90. The van der Waals surface area contributed by atoms with Crippen LogP contribution in [0.15, 0.2) is 24.3 Å². The van der Waals surface area contributed by atoms with Crippen molar-refractivity contribution < 1.29 is 9.53 Å². The highest BCUT2D eigenvalue weighted by Gasteiger charge is 2.26. The van der Waals surface area contributed by atoms with Crippen molar-refractivity contribution in [2.75, 3.05) is 25.1 Å². The van der Waals surface area contributed by atoms with Gasteiger partial charge in [-0.15, -0.1) is 0 Å². The minimum atomic E-state index is -0.0919. The molecule has 1 heterocycles. The van der Waals surface area contributed by atoms with Gasteiger partial charge in [0.2, 0.25) is 0 Å². The lowest BCUT2D eigenvalue weighted by molar-refractivity contribution is 0.184. The smallest absolute Gasteiger partial charge is 0.319 e. The maximum atomic E-state index is 12.0. The molecule has 1 aliphatic carbocycles. The first-order valence-electron chi connectivity index (χ1n) is 8.04. The summed E-state index contributed by atoms with van der Waals surface area (Å²) in [4.78, 5) is 12.0. The summed E-state index contributed by atoms with van der Waals surface area (Å²) in [5.41, 5.74) is 2.23. The molecule has 0 unspecified atom stereocenters. The van der Waals surface area contributed by atoms with Gasteiger partial charge < -0.3 is 15.4 Å². The van der Waals surface area contributed by atoms with Crippen LogP contribution in [-0.2, 0) is 4.74 Å². The largest absolute Gasteiger partial charge is 0.381 e. The van der Waals surface area contributed by atoms with Crippen molar-refractivity contribution >= 4 is 11.7 Å². The fourth-order valence-corrected chi connectivity index (χ4v) is 2.93. The third-order valence-electron chi connectivity index (χ3n) is 4.32. The van der Waals surface area contributed by atoms with Crippen LogP contribution in [0.4, 0.5) is 10.5 Å². The zero-order chi connectivity index (χ0) is 14.5. The van der Waals surface area contributed by atoms with E-state index in [1.54, 1.807) is 0 Å². The molecule has 1 aromatic carbocycles. The van der Waals surface area contributed by atoms with Crippen LogP contribution in [-0.4, -0.2) is 25.8 Å². The zero-order valence-electron chi connectivity index (χ0n) is 12.4. The number of rotatable bonds is 6. The normalized spacial score (nSPS) is 21.2. The van der Waals surface area contributed by atoms with Crippen LogP contribution in [0.1, 0.15) is 43.6 Å². The topological polar surface area (TPSA) is 50.4 Å². The molecule has 0 radical (unpaired) electrons. The van der Waals surface area contributed by atoms with Gasteiger partial charge in [-0.05, 0) is 55.6 Å². The second-order valence-electron chi connectivity index (χ2n) is 6.11. The Labute approximate surface area is 126 Å². The van der Waals surface area contributed by atoms with Crippen molar-refractivity contribution in [3.8, 4) is 0 Å². The van der Waals surface area contributed by atoms with Gasteiger partial charge in [-0.2, -0.15) is 0 Å². The lowest BCUT2D eigenvalue weighted by Crippen LogP contribution is -2.30. The maximum absolute atomic E-state index is 12.0. The Morgan fingerprint density at radius 1 is 1.24 bits per heavy atom. The molecular formula is C17H24N2O2. The first kappa shape index (κ1) is 14.4. The van der Waals surface area contributed by atoms with Crippen LogP contribution in [0, 0.1) is 5.92 Å². The number of urea groups is 1. The SMILES string of the molecule is O=C(NCCC[C@@H]1CCOC1)Nc1ccccc1C1CC1. The summed E-state index contributed by atoms with van der Waals surface area (Å²) < 4.78 is 5.36. The summed E-state index contributed by atoms with van der Waals surface area (Å²) in [5.74, 6) is 1.33. The second kappa shape index (κ2) is 6.94. The summed E-state index contributed by atoms with van der Waals surface area (Å²) in [7, 11) is 0. The molecule has 2 N–H and O–H groups in total. The minimum absolute atomic E-state index is 0.0919. The maximum Gasteiger partial charge on any atom is 0.319 e. The van der Waals surface area contributed by atoms with Gasteiger partial charge in [0.1, 0.15) is 0 Å². The van der Waals surface area contributed by atoms with Crippen LogP contribution in [0.5, 0.6) is 0 Å². The molecule has 21 heavy (non-hydrogen) atoms. The van der Waals surface area contributed by atoms with Gasteiger partial charge >= 0.3 is 6.03 Å².